The van der Waals surface area contributed by atoms with Gasteiger partial charge in [-0.15, -0.1) is 0 Å². The van der Waals surface area contributed by atoms with Gasteiger partial charge in [0.2, 0.25) is 0 Å². The summed E-state index contributed by atoms with van der Waals surface area (Å²) in [6.07, 6.45) is 2.35. The van der Waals surface area contributed by atoms with E-state index in [0.717, 1.165) is 12.1 Å². The highest BCUT2D eigenvalue weighted by Gasteiger charge is 2.29. The fourth-order valence-corrected chi connectivity index (χ4v) is 2.23. The van der Waals surface area contributed by atoms with Gasteiger partial charge in [0.1, 0.15) is 0 Å². The Morgan fingerprint density at radius 1 is 1.53 bits per heavy atom. The molecule has 1 aliphatic rings. The zero-order chi connectivity index (χ0) is 13.8. The molecule has 0 spiro atoms. The lowest BCUT2D eigenvalue weighted by molar-refractivity contribution is -0.384. The van der Waals surface area contributed by atoms with Crippen molar-refractivity contribution in [1.29, 1.82) is 0 Å². The number of hydrogen-bond donors (Lipinski definition) is 0. The van der Waals surface area contributed by atoms with E-state index in [2.05, 4.69) is 4.90 Å². The van der Waals surface area contributed by atoms with E-state index in [9.17, 15) is 10.1 Å². The van der Waals surface area contributed by atoms with Crippen molar-refractivity contribution in [2.75, 3.05) is 20.3 Å². The normalized spacial score (nSPS) is 14.9. The fraction of sp³-hybridized carbons (Fsp3) is 0.538. The zero-order valence-corrected chi connectivity index (χ0v) is 11.6. The number of methoxy groups -OCH3 is 1. The highest BCUT2D eigenvalue weighted by Crippen LogP contribution is 2.30. The van der Waals surface area contributed by atoms with E-state index in [4.69, 9.17) is 16.3 Å². The molecule has 104 valence electrons. The van der Waals surface area contributed by atoms with E-state index in [-0.39, 0.29) is 5.69 Å². The Kier molecular flexibility index (Phi) is 4.74. The van der Waals surface area contributed by atoms with Crippen LogP contribution < -0.4 is 0 Å². The van der Waals surface area contributed by atoms with Crippen LogP contribution in [-0.2, 0) is 11.3 Å². The second kappa shape index (κ2) is 6.32. The predicted molar refractivity (Wildman–Crippen MR) is 73.4 cm³/mol. The Morgan fingerprint density at radius 2 is 2.26 bits per heavy atom. The minimum absolute atomic E-state index is 0.0851. The average molecular weight is 285 g/mol. The standard InChI is InChI=1S/C13H17ClN2O3/c1-19-7-6-15(11-2-3-11)9-10-8-12(16(17)18)4-5-13(10)14/h4-5,8,11H,2-3,6-7,9H2,1H3. The predicted octanol–water partition coefficient (Wildman–Crippen LogP) is 2.86. The Balaban J connectivity index is 2.11. The third-order valence-electron chi connectivity index (χ3n) is 3.26. The van der Waals surface area contributed by atoms with Crippen LogP contribution in [0.1, 0.15) is 18.4 Å². The van der Waals surface area contributed by atoms with Crippen LogP contribution >= 0.6 is 11.6 Å². The SMILES string of the molecule is COCCN(Cc1cc([N+](=O)[O-])ccc1Cl)C1CC1. The summed E-state index contributed by atoms with van der Waals surface area (Å²) in [6, 6.07) is 5.15. The van der Waals surface area contributed by atoms with Gasteiger partial charge in [0.15, 0.2) is 0 Å². The molecule has 0 N–H and O–H groups in total. The molecule has 1 fully saturated rings. The lowest BCUT2D eigenvalue weighted by Crippen LogP contribution is -2.29. The van der Waals surface area contributed by atoms with Gasteiger partial charge < -0.3 is 4.74 Å². The third kappa shape index (κ3) is 3.89. The van der Waals surface area contributed by atoms with Crippen molar-refractivity contribution in [3.63, 3.8) is 0 Å². The molecular formula is C13H17ClN2O3. The molecular weight excluding hydrogens is 268 g/mol. The van der Waals surface area contributed by atoms with Gasteiger partial charge in [-0.05, 0) is 24.5 Å². The van der Waals surface area contributed by atoms with E-state index in [1.165, 1.54) is 18.9 Å². The molecule has 0 bridgehead atoms. The quantitative estimate of drug-likeness (QED) is 0.571. The highest BCUT2D eigenvalue weighted by atomic mass is 35.5. The molecule has 1 aromatic carbocycles. The van der Waals surface area contributed by atoms with Gasteiger partial charge in [0, 0.05) is 43.4 Å². The van der Waals surface area contributed by atoms with Crippen LogP contribution in [0.3, 0.4) is 0 Å². The Hall–Kier alpha value is -1.17. The lowest BCUT2D eigenvalue weighted by Gasteiger charge is -2.22. The average Bonchev–Trinajstić information content (AvgIpc) is 3.20. The largest absolute Gasteiger partial charge is 0.383 e. The van der Waals surface area contributed by atoms with E-state index in [1.54, 1.807) is 19.2 Å². The number of nitro groups is 1. The molecule has 1 aliphatic carbocycles. The van der Waals surface area contributed by atoms with Crippen LogP contribution in [0, 0.1) is 10.1 Å². The number of benzene rings is 1. The first-order valence-electron chi connectivity index (χ1n) is 6.27. The summed E-state index contributed by atoms with van der Waals surface area (Å²) in [4.78, 5) is 12.7. The van der Waals surface area contributed by atoms with Crippen molar-refractivity contribution in [2.24, 2.45) is 0 Å². The molecule has 0 aliphatic heterocycles. The number of nitro benzene ring substituents is 1. The summed E-state index contributed by atoms with van der Waals surface area (Å²) < 4.78 is 5.10. The minimum Gasteiger partial charge on any atom is -0.383 e. The van der Waals surface area contributed by atoms with Crippen molar-refractivity contribution < 1.29 is 9.66 Å². The van der Waals surface area contributed by atoms with Crippen LogP contribution in [-0.4, -0.2) is 36.1 Å². The second-order valence-electron chi connectivity index (χ2n) is 4.73. The first-order chi connectivity index (χ1) is 9.11. The van der Waals surface area contributed by atoms with Gasteiger partial charge in [-0.25, -0.2) is 0 Å². The van der Waals surface area contributed by atoms with Gasteiger partial charge in [-0.3, -0.25) is 15.0 Å². The van der Waals surface area contributed by atoms with Crippen LogP contribution in [0.5, 0.6) is 0 Å². The Bertz CT molecular complexity index is 463. The second-order valence-corrected chi connectivity index (χ2v) is 5.13. The van der Waals surface area contributed by atoms with Gasteiger partial charge >= 0.3 is 0 Å². The van der Waals surface area contributed by atoms with E-state index >= 15 is 0 Å². The summed E-state index contributed by atoms with van der Waals surface area (Å²) >= 11 is 6.12. The lowest BCUT2D eigenvalue weighted by atomic mass is 10.2. The van der Waals surface area contributed by atoms with Gasteiger partial charge in [-0.1, -0.05) is 11.6 Å². The number of rotatable bonds is 7. The maximum absolute atomic E-state index is 10.8. The Morgan fingerprint density at radius 3 is 2.84 bits per heavy atom. The number of non-ortho nitro benzene ring substituents is 1. The smallest absolute Gasteiger partial charge is 0.269 e. The van der Waals surface area contributed by atoms with Crippen molar-refractivity contribution in [3.8, 4) is 0 Å². The van der Waals surface area contributed by atoms with Gasteiger partial charge in [0.05, 0.1) is 11.5 Å². The molecule has 0 aromatic heterocycles. The molecule has 1 aromatic rings. The summed E-state index contributed by atoms with van der Waals surface area (Å²) in [5, 5.41) is 11.4. The number of halogens is 1. The first-order valence-corrected chi connectivity index (χ1v) is 6.65. The van der Waals surface area contributed by atoms with Crippen LogP contribution in [0.4, 0.5) is 5.69 Å². The monoisotopic (exact) mass is 284 g/mol. The molecule has 19 heavy (non-hydrogen) atoms. The van der Waals surface area contributed by atoms with Crippen LogP contribution in [0.15, 0.2) is 18.2 Å². The van der Waals surface area contributed by atoms with Crippen molar-refractivity contribution in [2.45, 2.75) is 25.4 Å². The molecule has 0 unspecified atom stereocenters. The van der Waals surface area contributed by atoms with E-state index in [1.807, 2.05) is 0 Å². The van der Waals surface area contributed by atoms with Crippen LogP contribution in [0.2, 0.25) is 5.02 Å². The molecule has 0 heterocycles. The molecule has 2 rings (SSSR count). The fourth-order valence-electron chi connectivity index (χ4n) is 2.05. The topological polar surface area (TPSA) is 55.6 Å². The highest BCUT2D eigenvalue weighted by molar-refractivity contribution is 6.31. The zero-order valence-electron chi connectivity index (χ0n) is 10.8. The Labute approximate surface area is 117 Å². The summed E-state index contributed by atoms with van der Waals surface area (Å²) in [7, 11) is 1.67. The molecule has 6 heteroatoms. The summed E-state index contributed by atoms with van der Waals surface area (Å²) in [5.74, 6) is 0. The first kappa shape index (κ1) is 14.2. The molecule has 0 amide bonds. The van der Waals surface area contributed by atoms with Crippen molar-refractivity contribution in [1.82, 2.24) is 4.90 Å². The molecule has 1 saturated carbocycles. The maximum atomic E-state index is 10.8. The van der Waals surface area contributed by atoms with Gasteiger partial charge in [-0.2, -0.15) is 0 Å². The summed E-state index contributed by atoms with van der Waals surface area (Å²) in [6.45, 7) is 2.11. The number of hydrogen-bond acceptors (Lipinski definition) is 4. The maximum Gasteiger partial charge on any atom is 0.269 e. The van der Waals surface area contributed by atoms with Crippen LogP contribution in [0.25, 0.3) is 0 Å². The molecule has 5 nitrogen and oxygen atoms in total. The van der Waals surface area contributed by atoms with E-state index in [0.29, 0.717) is 24.2 Å². The van der Waals surface area contributed by atoms with Crippen molar-refractivity contribution >= 4 is 17.3 Å². The molecule has 0 radical (unpaired) electrons. The molecule has 0 atom stereocenters. The number of nitrogens with zero attached hydrogens (tertiary/aromatic N) is 2. The van der Waals surface area contributed by atoms with Crippen molar-refractivity contribution in [3.05, 3.63) is 38.9 Å². The minimum atomic E-state index is -0.392. The van der Waals surface area contributed by atoms with E-state index < -0.39 is 4.92 Å². The summed E-state index contributed by atoms with van der Waals surface area (Å²) in [5.41, 5.74) is 0.890. The third-order valence-corrected chi connectivity index (χ3v) is 3.63. The van der Waals surface area contributed by atoms with Gasteiger partial charge in [0.25, 0.3) is 5.69 Å². The molecule has 0 saturated heterocycles. The number of ether oxygens (including phenoxy) is 1.